The lowest BCUT2D eigenvalue weighted by Crippen LogP contribution is -2.45. The minimum Gasteiger partial charge on any atom is -0.353 e. The lowest BCUT2D eigenvalue weighted by molar-refractivity contribution is 0.499. The van der Waals surface area contributed by atoms with Crippen LogP contribution in [0.3, 0.4) is 0 Å². The first-order valence-electron chi connectivity index (χ1n) is 10.1. The van der Waals surface area contributed by atoms with E-state index in [0.29, 0.717) is 12.1 Å². The smallest absolute Gasteiger partial charge is 0.191 e. The maximum absolute atomic E-state index is 4.77. The third-order valence-electron chi connectivity index (χ3n) is 5.46. The molecule has 2 aromatic carbocycles. The minimum atomic E-state index is 0.366. The van der Waals surface area contributed by atoms with Crippen LogP contribution in [0.5, 0.6) is 0 Å². The third kappa shape index (κ3) is 4.03. The Bertz CT molecular complexity index is 986. The Kier molecular flexibility index (Phi) is 5.33. The molecular weight excluding hydrogens is 346 g/mol. The van der Waals surface area contributed by atoms with Crippen molar-refractivity contribution in [3.05, 3.63) is 65.5 Å². The number of aromatic nitrogens is 2. The lowest BCUT2D eigenvalue weighted by Gasteiger charge is -2.24. The van der Waals surface area contributed by atoms with Crippen LogP contribution in [0.2, 0.25) is 0 Å². The second-order valence-corrected chi connectivity index (χ2v) is 7.87. The van der Waals surface area contributed by atoms with E-state index < -0.39 is 0 Å². The zero-order valence-corrected chi connectivity index (χ0v) is 16.9. The summed E-state index contributed by atoms with van der Waals surface area (Å²) in [7, 11) is 1.83. The van der Waals surface area contributed by atoms with Gasteiger partial charge in [-0.15, -0.1) is 0 Å². The van der Waals surface area contributed by atoms with Crippen LogP contribution in [0.15, 0.2) is 53.7 Å². The van der Waals surface area contributed by atoms with E-state index in [-0.39, 0.29) is 0 Å². The average molecular weight is 376 g/mol. The largest absolute Gasteiger partial charge is 0.353 e. The lowest BCUT2D eigenvalue weighted by atomic mass is 9.94. The molecule has 1 aliphatic carbocycles. The van der Waals surface area contributed by atoms with Gasteiger partial charge in [0.1, 0.15) is 0 Å². The Balaban J connectivity index is 1.36. The number of guanidine groups is 1. The normalized spacial score (nSPS) is 17.0. The molecule has 28 heavy (non-hydrogen) atoms. The first-order chi connectivity index (χ1) is 13.6. The van der Waals surface area contributed by atoms with Crippen molar-refractivity contribution >= 4 is 16.7 Å². The van der Waals surface area contributed by atoms with Crippen molar-refractivity contribution in [3.63, 3.8) is 0 Å². The van der Waals surface area contributed by atoms with E-state index >= 15 is 0 Å². The second-order valence-electron chi connectivity index (χ2n) is 7.87. The van der Waals surface area contributed by atoms with Gasteiger partial charge in [-0.2, -0.15) is 5.10 Å². The van der Waals surface area contributed by atoms with Gasteiger partial charge in [-0.1, -0.05) is 36.4 Å². The molecule has 3 aromatic rings. The summed E-state index contributed by atoms with van der Waals surface area (Å²) in [6, 6.07) is 15.8. The summed E-state index contributed by atoms with van der Waals surface area (Å²) in [5.74, 6) is 0.852. The Labute approximate surface area is 166 Å². The van der Waals surface area contributed by atoms with Gasteiger partial charge in [0.15, 0.2) is 5.96 Å². The van der Waals surface area contributed by atoms with Crippen molar-refractivity contribution in [1.82, 2.24) is 20.4 Å². The molecule has 146 valence electrons. The van der Waals surface area contributed by atoms with E-state index in [9.17, 15) is 0 Å². The van der Waals surface area contributed by atoms with Gasteiger partial charge in [0.25, 0.3) is 0 Å². The van der Waals surface area contributed by atoms with Gasteiger partial charge in [0.2, 0.25) is 0 Å². The molecule has 1 heterocycles. The van der Waals surface area contributed by atoms with Crippen molar-refractivity contribution in [2.24, 2.45) is 4.99 Å². The quantitative estimate of drug-likeness (QED) is 0.538. The van der Waals surface area contributed by atoms with Crippen LogP contribution < -0.4 is 10.6 Å². The van der Waals surface area contributed by atoms with E-state index in [0.717, 1.165) is 31.8 Å². The summed E-state index contributed by atoms with van der Waals surface area (Å²) in [5, 5.41) is 14.4. The summed E-state index contributed by atoms with van der Waals surface area (Å²) in [6.07, 6.45) is 5.34. The van der Waals surface area contributed by atoms with E-state index in [1.54, 1.807) is 0 Å². The van der Waals surface area contributed by atoms with E-state index in [2.05, 4.69) is 82.8 Å². The molecule has 4 rings (SSSR count). The Morgan fingerprint density at radius 3 is 2.82 bits per heavy atom. The molecule has 0 spiro atoms. The number of benzene rings is 2. The molecule has 0 saturated carbocycles. The Morgan fingerprint density at radius 2 is 2.04 bits per heavy atom. The van der Waals surface area contributed by atoms with Gasteiger partial charge < -0.3 is 10.6 Å². The highest BCUT2D eigenvalue weighted by molar-refractivity contribution is 5.83. The molecule has 5 heteroatoms. The van der Waals surface area contributed by atoms with Crippen LogP contribution in [0, 0.1) is 0 Å². The van der Waals surface area contributed by atoms with Gasteiger partial charge in [0.05, 0.1) is 5.69 Å². The maximum atomic E-state index is 4.77. The topological polar surface area (TPSA) is 54.2 Å². The highest BCUT2D eigenvalue weighted by atomic mass is 15.3. The minimum absolute atomic E-state index is 0.366. The molecule has 1 atom stereocenters. The number of aryl methyl sites for hydroxylation is 1. The SMILES string of the molecule is CN=C(NCc1ccc2ccccc2c1)NC1CCc2cn(C(C)C)nc2C1. The van der Waals surface area contributed by atoms with Gasteiger partial charge >= 0.3 is 0 Å². The molecule has 0 radical (unpaired) electrons. The summed E-state index contributed by atoms with van der Waals surface area (Å²) in [6.45, 7) is 5.10. The van der Waals surface area contributed by atoms with Crippen LogP contribution >= 0.6 is 0 Å². The summed E-state index contributed by atoms with van der Waals surface area (Å²) in [5.41, 5.74) is 3.87. The van der Waals surface area contributed by atoms with Crippen molar-refractivity contribution < 1.29 is 0 Å². The number of nitrogens with one attached hydrogen (secondary N) is 2. The summed E-state index contributed by atoms with van der Waals surface area (Å²) < 4.78 is 2.08. The molecule has 5 nitrogen and oxygen atoms in total. The molecule has 0 aliphatic heterocycles. The van der Waals surface area contributed by atoms with Crippen LogP contribution in [0.25, 0.3) is 10.8 Å². The maximum Gasteiger partial charge on any atom is 0.191 e. The van der Waals surface area contributed by atoms with E-state index in [1.165, 1.54) is 27.6 Å². The molecule has 0 amide bonds. The van der Waals surface area contributed by atoms with Gasteiger partial charge in [-0.3, -0.25) is 9.67 Å². The average Bonchev–Trinajstić information content (AvgIpc) is 3.14. The zero-order valence-electron chi connectivity index (χ0n) is 16.9. The monoisotopic (exact) mass is 375 g/mol. The molecule has 1 aliphatic rings. The number of fused-ring (bicyclic) bond motifs is 2. The predicted octanol–water partition coefficient (Wildman–Crippen LogP) is 3.84. The highest BCUT2D eigenvalue weighted by Gasteiger charge is 2.22. The second kappa shape index (κ2) is 8.05. The van der Waals surface area contributed by atoms with Crippen molar-refractivity contribution in [2.45, 2.75) is 51.7 Å². The molecule has 2 N–H and O–H groups in total. The van der Waals surface area contributed by atoms with Crippen LogP contribution in [-0.4, -0.2) is 28.8 Å². The molecule has 1 aromatic heterocycles. The van der Waals surface area contributed by atoms with E-state index in [4.69, 9.17) is 5.10 Å². The van der Waals surface area contributed by atoms with Crippen LogP contribution in [0.1, 0.15) is 43.1 Å². The zero-order chi connectivity index (χ0) is 19.5. The first kappa shape index (κ1) is 18.5. The molecule has 0 saturated heterocycles. The molecule has 0 bridgehead atoms. The van der Waals surface area contributed by atoms with Gasteiger partial charge in [-0.25, -0.2) is 0 Å². The number of hydrogen-bond acceptors (Lipinski definition) is 2. The number of rotatable bonds is 4. The van der Waals surface area contributed by atoms with Crippen LogP contribution in [-0.2, 0) is 19.4 Å². The Hall–Kier alpha value is -2.82. The number of aliphatic imine (C=N–C) groups is 1. The van der Waals surface area contributed by atoms with Crippen molar-refractivity contribution in [1.29, 1.82) is 0 Å². The third-order valence-corrected chi connectivity index (χ3v) is 5.46. The fraction of sp³-hybridized carbons (Fsp3) is 0.391. The highest BCUT2D eigenvalue weighted by Crippen LogP contribution is 2.22. The summed E-state index contributed by atoms with van der Waals surface area (Å²) in [4.78, 5) is 4.42. The first-order valence-corrected chi connectivity index (χ1v) is 10.1. The predicted molar refractivity (Wildman–Crippen MR) is 116 cm³/mol. The van der Waals surface area contributed by atoms with E-state index in [1.807, 2.05) is 7.05 Å². The standard InChI is InChI=1S/C23H29N5/c1-16(2)28-15-20-10-11-21(13-22(20)27-28)26-23(24-3)25-14-17-8-9-18-6-4-5-7-19(18)12-17/h4-9,12,15-16,21H,10-11,13-14H2,1-3H3,(H2,24,25,26). The summed E-state index contributed by atoms with van der Waals surface area (Å²) >= 11 is 0. The fourth-order valence-electron chi connectivity index (χ4n) is 3.82. The van der Waals surface area contributed by atoms with Crippen molar-refractivity contribution in [3.8, 4) is 0 Å². The van der Waals surface area contributed by atoms with Gasteiger partial charge in [0, 0.05) is 38.3 Å². The Morgan fingerprint density at radius 1 is 1.21 bits per heavy atom. The fourth-order valence-corrected chi connectivity index (χ4v) is 3.82. The number of hydrogen-bond donors (Lipinski definition) is 2. The molecule has 1 unspecified atom stereocenters. The molecule has 0 fully saturated rings. The van der Waals surface area contributed by atoms with Crippen molar-refractivity contribution in [2.75, 3.05) is 7.05 Å². The van der Waals surface area contributed by atoms with Gasteiger partial charge in [-0.05, 0) is 54.7 Å². The number of nitrogens with zero attached hydrogens (tertiary/aromatic N) is 3. The van der Waals surface area contributed by atoms with Crippen LogP contribution in [0.4, 0.5) is 0 Å². The molecular formula is C23H29N5.